The van der Waals surface area contributed by atoms with Crippen LogP contribution in [0.2, 0.25) is 0 Å². The number of hydrogen-bond acceptors (Lipinski definition) is 1. The van der Waals surface area contributed by atoms with Gasteiger partial charge in [-0.05, 0) is 0 Å². The maximum absolute atomic E-state index is 8.74. The van der Waals surface area contributed by atoms with Crippen molar-refractivity contribution in [1.29, 1.82) is 0 Å². The van der Waals surface area contributed by atoms with Crippen LogP contribution in [0.25, 0.3) is 0 Å². The molecule has 0 bridgehead atoms. The molecule has 4 N–H and O–H groups in total. The Morgan fingerprint density at radius 2 is 1.00 bits per heavy atom. The first kappa shape index (κ1) is 30.1. The molecule has 4 nitrogen and oxygen atoms in total. The topological polar surface area (TPSA) is 89.0 Å². The van der Waals surface area contributed by atoms with Gasteiger partial charge in [0.15, 0.2) is 0 Å². The molecule has 0 saturated heterocycles. The predicted molar refractivity (Wildman–Crippen MR) is 40.1 cm³/mol. The molecule has 0 aromatic rings. The molecule has 0 aromatic heterocycles. The van der Waals surface area contributed by atoms with Gasteiger partial charge < -0.3 is 15.1 Å². The van der Waals surface area contributed by atoms with Crippen LogP contribution in [0, 0.1) is 0 Å². The molecule has 8 heteroatoms. The van der Waals surface area contributed by atoms with E-state index in [1.165, 1.54) is 0 Å². The quantitative estimate of drug-likeness (QED) is 0.402. The van der Waals surface area contributed by atoms with Gasteiger partial charge in [-0.1, -0.05) is 0 Å². The molecule has 44 valence electrons. The van der Waals surface area contributed by atoms with Gasteiger partial charge in [-0.25, -0.2) is 0 Å². The summed E-state index contributed by atoms with van der Waals surface area (Å²) in [5, 5.41) is 0. The molecule has 0 aliphatic carbocycles. The Labute approximate surface area is 138 Å². The third-order valence-electron chi connectivity index (χ3n) is 0. The van der Waals surface area contributed by atoms with Crippen molar-refractivity contribution < 1.29 is 19.5 Å². The molecular formula is H10Ca3O4Si. The zero-order valence-corrected chi connectivity index (χ0v) is 3.30. The van der Waals surface area contributed by atoms with Gasteiger partial charge in [0, 0.05) is 0 Å². The van der Waals surface area contributed by atoms with E-state index in [0.29, 0.717) is 0 Å². The van der Waals surface area contributed by atoms with Crippen molar-refractivity contribution in [3.63, 3.8) is 0 Å². The van der Waals surface area contributed by atoms with Crippen molar-refractivity contribution in [1.82, 2.24) is 0 Å². The molecular weight excluding hydrogens is 212 g/mol. The van der Waals surface area contributed by atoms with E-state index in [1.54, 1.807) is 0 Å². The maximum atomic E-state index is 8.74. The van der Waals surface area contributed by atoms with Gasteiger partial charge in [-0.2, -0.15) is 0 Å². The summed E-state index contributed by atoms with van der Waals surface area (Å²) in [6, 6.07) is 0. The van der Waals surface area contributed by atoms with Crippen molar-refractivity contribution in [2.24, 2.45) is 0 Å². The summed E-state index contributed by atoms with van der Waals surface area (Å²) < 4.78 is 8.74. The third kappa shape index (κ3) is 58.0. The summed E-state index contributed by atoms with van der Waals surface area (Å²) in [7, 11) is -3.13. The van der Waals surface area contributed by atoms with Crippen molar-refractivity contribution in [3.8, 4) is 0 Å². The van der Waals surface area contributed by atoms with Crippen LogP contribution in [0.15, 0.2) is 0 Å². The van der Waals surface area contributed by atoms with E-state index in [-0.39, 0.29) is 119 Å². The Bertz CT molecular complexity index is 34.3. The molecule has 0 fully saturated rings. The second-order valence-corrected chi connectivity index (χ2v) is 0.848. The van der Waals surface area contributed by atoms with E-state index < -0.39 is 9.17 Å². The molecule has 0 spiro atoms. The molecule has 0 heterocycles. The molecule has 0 radical (unpaired) electrons. The summed E-state index contributed by atoms with van der Waals surface area (Å²) >= 11 is 0. The zero-order valence-electron chi connectivity index (χ0n) is 2.30. The molecule has 0 amide bonds. The fraction of sp³-hybridized carbons (Fsp3) is 0. The van der Waals surface area contributed by atoms with Crippen molar-refractivity contribution >= 4 is 122 Å². The fourth-order valence-electron chi connectivity index (χ4n) is 0. The van der Waals surface area contributed by atoms with Gasteiger partial charge in [-0.3, -0.25) is 4.46 Å². The Morgan fingerprint density at radius 3 is 1.00 bits per heavy atom. The van der Waals surface area contributed by atoms with Crippen LogP contribution in [0.4, 0.5) is 0 Å². The standard InChI is InChI=1S/3Ca.H2O3Si.H2O.6H/c;;;1-4(2)3;;;;;;;/h;;;1-2H;1H2;;;;;;. The summed E-state index contributed by atoms with van der Waals surface area (Å²) in [4.78, 5) is 14.3. The van der Waals surface area contributed by atoms with Crippen LogP contribution >= 0.6 is 0 Å². The van der Waals surface area contributed by atoms with Gasteiger partial charge in [-0.15, -0.1) is 0 Å². The Hall–Kier alpha value is 3.36. The second kappa shape index (κ2) is 22.4. The molecule has 0 unspecified atom stereocenters. The Morgan fingerprint density at radius 1 is 1.00 bits per heavy atom. The van der Waals surface area contributed by atoms with Crippen LogP contribution in [0.1, 0.15) is 0 Å². The van der Waals surface area contributed by atoms with Crippen LogP contribution in [0.3, 0.4) is 0 Å². The van der Waals surface area contributed by atoms with Crippen LogP contribution < -0.4 is 0 Å². The molecule has 0 aromatic carbocycles. The minimum absolute atomic E-state index is 0. The SMILES string of the molecule is O.O=[Si](O)O.[CaH2].[CaH2].[CaH2]. The van der Waals surface area contributed by atoms with Crippen molar-refractivity contribution in [3.05, 3.63) is 0 Å². The van der Waals surface area contributed by atoms with E-state index in [1.807, 2.05) is 0 Å². The Balaban J connectivity index is -0.00000000750. The van der Waals surface area contributed by atoms with Gasteiger partial charge >= 0.3 is 122 Å². The first-order valence-electron chi connectivity index (χ1n) is 0.651. The zero-order chi connectivity index (χ0) is 3.58. The molecule has 0 atom stereocenters. The van der Waals surface area contributed by atoms with E-state index in [4.69, 9.17) is 14.1 Å². The normalized spacial score (nSPS) is 3.00. The van der Waals surface area contributed by atoms with E-state index in [9.17, 15) is 0 Å². The van der Waals surface area contributed by atoms with Gasteiger partial charge in [0.25, 0.3) is 0 Å². The molecule has 8 heavy (non-hydrogen) atoms. The number of rotatable bonds is 0. The van der Waals surface area contributed by atoms with E-state index in [2.05, 4.69) is 0 Å². The molecule has 0 aliphatic rings. The van der Waals surface area contributed by atoms with Gasteiger partial charge in [0.05, 0.1) is 0 Å². The summed E-state index contributed by atoms with van der Waals surface area (Å²) in [6.45, 7) is 0. The minimum atomic E-state index is -3.13. The summed E-state index contributed by atoms with van der Waals surface area (Å²) in [6.07, 6.45) is 0. The molecule has 0 aliphatic heterocycles. The Kier molecular flexibility index (Phi) is 84.6. The van der Waals surface area contributed by atoms with E-state index >= 15 is 0 Å². The fourth-order valence-corrected chi connectivity index (χ4v) is 0. The van der Waals surface area contributed by atoms with Crippen LogP contribution in [-0.4, -0.2) is 137 Å². The first-order chi connectivity index (χ1) is 1.73. The first-order valence-corrected chi connectivity index (χ1v) is 1.95. The van der Waals surface area contributed by atoms with Gasteiger partial charge in [0.2, 0.25) is 0 Å². The average Bonchev–Trinajstić information content (AvgIpc) is 0.811. The van der Waals surface area contributed by atoms with Crippen LogP contribution in [-0.2, 0) is 4.46 Å². The summed E-state index contributed by atoms with van der Waals surface area (Å²) in [5.41, 5.74) is 0. The number of hydrogen-bond donors (Lipinski definition) is 2. The molecule has 0 saturated carbocycles. The predicted octanol–water partition coefficient (Wildman–Crippen LogP) is -5.19. The average molecular weight is 222 g/mol. The monoisotopic (exact) mass is 222 g/mol. The third-order valence-corrected chi connectivity index (χ3v) is 0. The van der Waals surface area contributed by atoms with Crippen molar-refractivity contribution in [2.45, 2.75) is 0 Å². The van der Waals surface area contributed by atoms with Gasteiger partial charge in [0.1, 0.15) is 0 Å². The van der Waals surface area contributed by atoms with Crippen LogP contribution in [0.5, 0.6) is 0 Å². The van der Waals surface area contributed by atoms with Crippen molar-refractivity contribution in [2.75, 3.05) is 0 Å². The molecule has 0 rings (SSSR count). The summed E-state index contributed by atoms with van der Waals surface area (Å²) in [5.74, 6) is 0. The van der Waals surface area contributed by atoms with E-state index in [0.717, 1.165) is 0 Å². The second-order valence-electron chi connectivity index (χ2n) is 0.283.